The van der Waals surface area contributed by atoms with E-state index in [1.54, 1.807) is 0 Å². The normalized spacial score (nSPS) is 15.8. The van der Waals surface area contributed by atoms with Crippen molar-refractivity contribution in [2.75, 3.05) is 31.6 Å². The van der Waals surface area contributed by atoms with Crippen LogP contribution >= 0.6 is 0 Å². The van der Waals surface area contributed by atoms with E-state index in [9.17, 15) is 4.79 Å². The Kier molecular flexibility index (Phi) is 5.48. The number of nitrogens with one attached hydrogen (secondary N) is 1. The fraction of sp³-hybridized carbons (Fsp3) is 0.556. The van der Waals surface area contributed by atoms with Gasteiger partial charge in [-0.05, 0) is 31.5 Å². The second-order valence-electron chi connectivity index (χ2n) is 6.16. The average Bonchev–Trinajstić information content (AvgIpc) is 2.92. The number of benzene rings is 1. The molecule has 0 spiro atoms. The molecule has 0 atom stereocenters. The Morgan fingerprint density at radius 1 is 1.29 bits per heavy atom. The molecule has 130 valence electrons. The summed E-state index contributed by atoms with van der Waals surface area (Å²) >= 11 is 0. The Morgan fingerprint density at radius 3 is 2.79 bits per heavy atom. The second-order valence-corrected chi connectivity index (χ2v) is 6.16. The van der Waals surface area contributed by atoms with E-state index in [0.29, 0.717) is 6.42 Å². The minimum atomic E-state index is 0.0558. The van der Waals surface area contributed by atoms with Crippen LogP contribution in [0.4, 0.5) is 5.69 Å². The molecule has 1 fully saturated rings. The molecule has 2 aromatic rings. The summed E-state index contributed by atoms with van der Waals surface area (Å²) in [6, 6.07) is 5.98. The molecule has 1 saturated heterocycles. The number of nitrogens with zero attached hydrogens (tertiary/aromatic N) is 3. The number of rotatable bonds is 6. The van der Waals surface area contributed by atoms with Crippen LogP contribution in [0, 0.1) is 0 Å². The molecular formula is C18H26N4O2. The van der Waals surface area contributed by atoms with Gasteiger partial charge in [-0.25, -0.2) is 4.98 Å². The molecule has 6 nitrogen and oxygen atoms in total. The lowest BCUT2D eigenvalue weighted by Crippen LogP contribution is -2.36. The number of amides is 1. The first-order valence-corrected chi connectivity index (χ1v) is 8.80. The largest absolute Gasteiger partial charge is 0.379 e. The van der Waals surface area contributed by atoms with Crippen molar-refractivity contribution < 1.29 is 9.53 Å². The zero-order valence-electron chi connectivity index (χ0n) is 14.5. The Hall–Kier alpha value is -1.92. The van der Waals surface area contributed by atoms with E-state index in [0.717, 1.165) is 68.4 Å². The number of hydrogen-bond acceptors (Lipinski definition) is 4. The Bertz CT molecular complexity index is 704. The Morgan fingerprint density at radius 2 is 2.08 bits per heavy atom. The highest BCUT2D eigenvalue weighted by Crippen LogP contribution is 2.22. The number of morpholine rings is 1. The van der Waals surface area contributed by atoms with E-state index in [1.165, 1.54) is 0 Å². The van der Waals surface area contributed by atoms with E-state index in [4.69, 9.17) is 9.72 Å². The van der Waals surface area contributed by atoms with Crippen molar-refractivity contribution in [2.24, 2.45) is 0 Å². The standard InChI is InChI=1S/C18H26N4O2/c1-3-5-18(23)19-14-6-7-16-15(12-14)20-17(22(16)4-2)13-21-8-10-24-11-9-21/h6-7,12H,3-5,8-11,13H2,1-2H3,(H,19,23). The van der Waals surface area contributed by atoms with Gasteiger partial charge in [0, 0.05) is 31.7 Å². The molecule has 3 rings (SSSR count). The number of carbonyl (C=O) groups is 1. The van der Waals surface area contributed by atoms with Crippen LogP contribution in [0.25, 0.3) is 11.0 Å². The Balaban J connectivity index is 1.83. The van der Waals surface area contributed by atoms with Gasteiger partial charge < -0.3 is 14.6 Å². The zero-order valence-corrected chi connectivity index (χ0v) is 14.5. The molecule has 1 aromatic heterocycles. The lowest BCUT2D eigenvalue weighted by Gasteiger charge is -2.26. The molecule has 1 amide bonds. The van der Waals surface area contributed by atoms with Gasteiger partial charge in [-0.3, -0.25) is 9.69 Å². The van der Waals surface area contributed by atoms with Gasteiger partial charge in [-0.2, -0.15) is 0 Å². The topological polar surface area (TPSA) is 59.4 Å². The van der Waals surface area contributed by atoms with Crippen molar-refractivity contribution in [3.05, 3.63) is 24.0 Å². The number of carbonyl (C=O) groups excluding carboxylic acids is 1. The molecule has 0 bridgehead atoms. The first kappa shape index (κ1) is 16.9. The summed E-state index contributed by atoms with van der Waals surface area (Å²) < 4.78 is 7.67. The summed E-state index contributed by atoms with van der Waals surface area (Å²) in [4.78, 5) is 19.0. The average molecular weight is 330 g/mol. The lowest BCUT2D eigenvalue weighted by molar-refractivity contribution is -0.116. The lowest BCUT2D eigenvalue weighted by atomic mass is 10.2. The summed E-state index contributed by atoms with van der Waals surface area (Å²) in [5.74, 6) is 1.13. The zero-order chi connectivity index (χ0) is 16.9. The van der Waals surface area contributed by atoms with Crippen molar-refractivity contribution in [3.8, 4) is 0 Å². The van der Waals surface area contributed by atoms with Crippen molar-refractivity contribution >= 4 is 22.6 Å². The molecular weight excluding hydrogens is 304 g/mol. The monoisotopic (exact) mass is 330 g/mol. The first-order chi connectivity index (χ1) is 11.7. The third-order valence-electron chi connectivity index (χ3n) is 4.37. The summed E-state index contributed by atoms with van der Waals surface area (Å²) in [5.41, 5.74) is 2.88. The van der Waals surface area contributed by atoms with Crippen molar-refractivity contribution in [3.63, 3.8) is 0 Å². The minimum Gasteiger partial charge on any atom is -0.379 e. The molecule has 1 aromatic carbocycles. The Labute approximate surface area is 142 Å². The van der Waals surface area contributed by atoms with Crippen LogP contribution in [0.3, 0.4) is 0 Å². The van der Waals surface area contributed by atoms with Gasteiger partial charge in [0.1, 0.15) is 5.82 Å². The van der Waals surface area contributed by atoms with Crippen LogP contribution in [0.15, 0.2) is 18.2 Å². The number of ether oxygens (including phenoxy) is 1. The second kappa shape index (κ2) is 7.77. The molecule has 24 heavy (non-hydrogen) atoms. The van der Waals surface area contributed by atoms with E-state index < -0.39 is 0 Å². The van der Waals surface area contributed by atoms with Crippen LogP contribution in [-0.2, 0) is 22.6 Å². The quantitative estimate of drug-likeness (QED) is 0.884. The molecule has 1 aliphatic rings. The third-order valence-corrected chi connectivity index (χ3v) is 4.37. The molecule has 6 heteroatoms. The number of hydrogen-bond donors (Lipinski definition) is 1. The van der Waals surface area contributed by atoms with Crippen molar-refractivity contribution in [1.29, 1.82) is 0 Å². The maximum absolute atomic E-state index is 11.8. The summed E-state index contributed by atoms with van der Waals surface area (Å²) in [5, 5.41) is 2.95. The van der Waals surface area contributed by atoms with Crippen LogP contribution in [0.2, 0.25) is 0 Å². The van der Waals surface area contributed by atoms with Gasteiger partial charge in [0.25, 0.3) is 0 Å². The van der Waals surface area contributed by atoms with E-state index >= 15 is 0 Å². The van der Waals surface area contributed by atoms with E-state index in [-0.39, 0.29) is 5.91 Å². The van der Waals surface area contributed by atoms with Crippen LogP contribution < -0.4 is 5.32 Å². The molecule has 0 unspecified atom stereocenters. The van der Waals surface area contributed by atoms with Gasteiger partial charge >= 0.3 is 0 Å². The maximum Gasteiger partial charge on any atom is 0.224 e. The highest BCUT2D eigenvalue weighted by Gasteiger charge is 2.16. The van der Waals surface area contributed by atoms with Crippen molar-refractivity contribution in [1.82, 2.24) is 14.5 Å². The molecule has 2 heterocycles. The fourth-order valence-electron chi connectivity index (χ4n) is 3.14. The highest BCUT2D eigenvalue weighted by molar-refractivity contribution is 5.93. The summed E-state index contributed by atoms with van der Waals surface area (Å²) in [6.07, 6.45) is 1.39. The number of aryl methyl sites for hydroxylation is 1. The first-order valence-electron chi connectivity index (χ1n) is 8.80. The molecule has 0 radical (unpaired) electrons. The van der Waals surface area contributed by atoms with Crippen molar-refractivity contribution in [2.45, 2.75) is 39.8 Å². The number of anilines is 1. The molecule has 0 aliphatic carbocycles. The van der Waals surface area contributed by atoms with Gasteiger partial charge in [0.05, 0.1) is 30.8 Å². The number of fused-ring (bicyclic) bond motifs is 1. The van der Waals surface area contributed by atoms with Gasteiger partial charge in [0.15, 0.2) is 0 Å². The highest BCUT2D eigenvalue weighted by atomic mass is 16.5. The maximum atomic E-state index is 11.8. The van der Waals surface area contributed by atoms with Gasteiger partial charge in [-0.1, -0.05) is 6.92 Å². The smallest absolute Gasteiger partial charge is 0.224 e. The fourth-order valence-corrected chi connectivity index (χ4v) is 3.14. The molecule has 1 N–H and O–H groups in total. The number of imidazole rings is 1. The van der Waals surface area contributed by atoms with Crippen LogP contribution in [0.1, 0.15) is 32.5 Å². The predicted octanol–water partition coefficient (Wildman–Crippen LogP) is 2.63. The molecule has 1 aliphatic heterocycles. The van der Waals surface area contributed by atoms with Crippen LogP contribution in [-0.4, -0.2) is 46.7 Å². The predicted molar refractivity (Wildman–Crippen MR) is 95.0 cm³/mol. The van der Waals surface area contributed by atoms with Crippen LogP contribution in [0.5, 0.6) is 0 Å². The SMILES string of the molecule is CCCC(=O)Nc1ccc2c(c1)nc(CN1CCOCC1)n2CC. The minimum absolute atomic E-state index is 0.0558. The van der Waals surface area contributed by atoms with E-state index in [1.807, 2.05) is 19.1 Å². The summed E-state index contributed by atoms with van der Waals surface area (Å²) in [7, 11) is 0. The van der Waals surface area contributed by atoms with E-state index in [2.05, 4.69) is 27.8 Å². The third kappa shape index (κ3) is 3.76. The van der Waals surface area contributed by atoms with Gasteiger partial charge in [0.2, 0.25) is 5.91 Å². The number of aromatic nitrogens is 2. The van der Waals surface area contributed by atoms with Gasteiger partial charge in [-0.15, -0.1) is 0 Å². The summed E-state index contributed by atoms with van der Waals surface area (Å²) in [6.45, 7) is 9.35. The molecule has 0 saturated carbocycles.